The van der Waals surface area contributed by atoms with Gasteiger partial charge in [0.2, 0.25) is 0 Å². The summed E-state index contributed by atoms with van der Waals surface area (Å²) < 4.78 is 28.5. The van der Waals surface area contributed by atoms with Crippen LogP contribution in [0.2, 0.25) is 0 Å². The molecule has 4 rings (SSSR count). The highest BCUT2D eigenvalue weighted by atomic mass is 32.2. The van der Waals surface area contributed by atoms with E-state index in [0.29, 0.717) is 17.6 Å². The zero-order valence-electron chi connectivity index (χ0n) is 17.4. The summed E-state index contributed by atoms with van der Waals surface area (Å²) in [6, 6.07) is 7.42. The van der Waals surface area contributed by atoms with Gasteiger partial charge in [-0.25, -0.2) is 0 Å². The monoisotopic (exact) mass is 406 g/mol. The molecule has 2 fully saturated rings. The first kappa shape index (κ1) is 20.0. The van der Waals surface area contributed by atoms with Crippen molar-refractivity contribution in [3.05, 3.63) is 23.8 Å². The van der Waals surface area contributed by atoms with Crippen LogP contribution in [0.25, 0.3) is 0 Å². The number of piperidine rings is 1. The van der Waals surface area contributed by atoms with Gasteiger partial charge in [0.15, 0.2) is 0 Å². The van der Waals surface area contributed by atoms with Crippen LogP contribution in [-0.4, -0.2) is 63.4 Å². The molecule has 7 heteroatoms. The number of benzene rings is 1. The molecule has 2 atom stereocenters. The van der Waals surface area contributed by atoms with E-state index in [4.69, 9.17) is 0 Å². The predicted octanol–water partition coefficient (Wildman–Crippen LogP) is 3.24. The number of hydrogen-bond donors (Lipinski definition) is 1. The number of hydrogen-bond acceptors (Lipinski definition) is 4. The molecule has 0 spiro atoms. The van der Waals surface area contributed by atoms with Gasteiger partial charge in [0, 0.05) is 57.4 Å². The summed E-state index contributed by atoms with van der Waals surface area (Å²) in [6.45, 7) is 5.60. The number of nitrogens with zero attached hydrogens (tertiary/aromatic N) is 3. The van der Waals surface area contributed by atoms with E-state index in [1.54, 1.807) is 14.1 Å². The molecule has 1 aromatic carbocycles. The lowest BCUT2D eigenvalue weighted by Crippen LogP contribution is -2.49. The molecular weight excluding hydrogens is 372 g/mol. The molecule has 2 aliphatic heterocycles. The minimum Gasteiger partial charge on any atom is -0.368 e. The maximum atomic E-state index is 12.3. The van der Waals surface area contributed by atoms with E-state index in [1.807, 2.05) is 6.07 Å². The van der Waals surface area contributed by atoms with Gasteiger partial charge < -0.3 is 4.90 Å². The summed E-state index contributed by atoms with van der Waals surface area (Å²) in [4.78, 5) is 5.29. The number of likely N-dealkylation sites (tertiary alicyclic amines) is 1. The molecule has 1 aromatic rings. The quantitative estimate of drug-likeness (QED) is 0.788. The van der Waals surface area contributed by atoms with Crippen molar-refractivity contribution in [2.45, 2.75) is 63.5 Å². The Kier molecular flexibility index (Phi) is 5.60. The Balaban J connectivity index is 1.62. The van der Waals surface area contributed by atoms with Crippen molar-refractivity contribution in [1.29, 1.82) is 0 Å². The lowest BCUT2D eigenvalue weighted by molar-refractivity contribution is 0.140. The molecule has 2 unspecified atom stereocenters. The summed E-state index contributed by atoms with van der Waals surface area (Å²) in [5, 5.41) is 0. The normalized spacial score (nSPS) is 25.9. The molecule has 1 N–H and O–H groups in total. The van der Waals surface area contributed by atoms with Crippen LogP contribution in [0.3, 0.4) is 0 Å². The second kappa shape index (κ2) is 7.84. The van der Waals surface area contributed by atoms with Gasteiger partial charge in [0.05, 0.1) is 5.69 Å². The standard InChI is InChI=1S/C21H34N4O2S/c1-4-12-25-20-10-9-16(22-28(26,27)23(2)3)14-18(20)19-15-24(13-11-21(19)25)17-7-5-6-8-17/h9-10,14,17,19,21-22H,4-8,11-13,15H2,1-3H3. The van der Waals surface area contributed by atoms with E-state index < -0.39 is 10.2 Å². The summed E-state index contributed by atoms with van der Waals surface area (Å²) in [6.07, 6.45) is 7.74. The fourth-order valence-electron chi connectivity index (χ4n) is 5.37. The summed E-state index contributed by atoms with van der Waals surface area (Å²) >= 11 is 0. The van der Waals surface area contributed by atoms with Crippen LogP contribution in [0.5, 0.6) is 0 Å². The topological polar surface area (TPSA) is 55.9 Å². The molecule has 0 aromatic heterocycles. The van der Waals surface area contributed by atoms with Gasteiger partial charge in [-0.1, -0.05) is 19.8 Å². The van der Waals surface area contributed by atoms with E-state index in [1.165, 1.54) is 54.2 Å². The highest BCUT2D eigenvalue weighted by Crippen LogP contribution is 2.46. The molecular formula is C21H34N4O2S. The van der Waals surface area contributed by atoms with E-state index in [0.717, 1.165) is 25.6 Å². The van der Waals surface area contributed by atoms with Gasteiger partial charge in [0.1, 0.15) is 0 Å². The van der Waals surface area contributed by atoms with Crippen LogP contribution in [0.15, 0.2) is 18.2 Å². The third-order valence-corrected chi connectivity index (χ3v) is 8.23. The summed E-state index contributed by atoms with van der Waals surface area (Å²) in [5.41, 5.74) is 3.29. The van der Waals surface area contributed by atoms with Crippen molar-refractivity contribution in [2.75, 3.05) is 43.4 Å². The first-order valence-electron chi connectivity index (χ1n) is 10.8. The molecule has 3 aliphatic rings. The smallest absolute Gasteiger partial charge is 0.301 e. The highest BCUT2D eigenvalue weighted by molar-refractivity contribution is 7.90. The Morgan fingerprint density at radius 1 is 1.18 bits per heavy atom. The Morgan fingerprint density at radius 3 is 2.61 bits per heavy atom. The lowest BCUT2D eigenvalue weighted by Gasteiger charge is -2.41. The van der Waals surface area contributed by atoms with Crippen LogP contribution in [0.1, 0.15) is 56.9 Å². The molecule has 1 aliphatic carbocycles. The summed E-state index contributed by atoms with van der Waals surface area (Å²) in [7, 11) is -0.384. The minimum absolute atomic E-state index is 0.472. The van der Waals surface area contributed by atoms with Crippen LogP contribution in [-0.2, 0) is 10.2 Å². The molecule has 156 valence electrons. The van der Waals surface area contributed by atoms with Crippen molar-refractivity contribution in [1.82, 2.24) is 9.21 Å². The zero-order chi connectivity index (χ0) is 19.9. The van der Waals surface area contributed by atoms with Crippen LogP contribution < -0.4 is 9.62 Å². The van der Waals surface area contributed by atoms with Crippen molar-refractivity contribution in [3.63, 3.8) is 0 Å². The Bertz CT molecular complexity index is 805. The molecule has 2 heterocycles. The first-order chi connectivity index (χ1) is 13.4. The van der Waals surface area contributed by atoms with Crippen molar-refractivity contribution in [3.8, 4) is 0 Å². The average Bonchev–Trinajstić information content (AvgIpc) is 3.29. The van der Waals surface area contributed by atoms with Gasteiger partial charge in [-0.05, 0) is 49.4 Å². The molecule has 0 radical (unpaired) electrons. The fourth-order valence-corrected chi connectivity index (χ4v) is 5.97. The van der Waals surface area contributed by atoms with Gasteiger partial charge in [-0.2, -0.15) is 12.7 Å². The Morgan fingerprint density at radius 2 is 1.93 bits per heavy atom. The number of anilines is 2. The number of fused-ring (bicyclic) bond motifs is 3. The van der Waals surface area contributed by atoms with Gasteiger partial charge in [0.25, 0.3) is 0 Å². The van der Waals surface area contributed by atoms with E-state index in [-0.39, 0.29) is 0 Å². The minimum atomic E-state index is -3.49. The SMILES string of the molecule is CCCN1c2ccc(NS(=O)(=O)N(C)C)cc2C2CN(C3CCCC3)CCC21. The van der Waals surface area contributed by atoms with Crippen LogP contribution in [0.4, 0.5) is 11.4 Å². The van der Waals surface area contributed by atoms with Crippen molar-refractivity contribution >= 4 is 21.6 Å². The molecule has 0 bridgehead atoms. The average molecular weight is 407 g/mol. The number of nitrogens with one attached hydrogen (secondary N) is 1. The highest BCUT2D eigenvalue weighted by Gasteiger charge is 2.43. The van der Waals surface area contributed by atoms with E-state index >= 15 is 0 Å². The number of rotatable bonds is 6. The van der Waals surface area contributed by atoms with Crippen LogP contribution in [0, 0.1) is 0 Å². The molecule has 6 nitrogen and oxygen atoms in total. The third kappa shape index (κ3) is 3.64. The van der Waals surface area contributed by atoms with E-state index in [9.17, 15) is 8.42 Å². The van der Waals surface area contributed by atoms with Gasteiger partial charge in [-0.15, -0.1) is 0 Å². The maximum absolute atomic E-state index is 12.3. The molecule has 1 saturated carbocycles. The largest absolute Gasteiger partial charge is 0.368 e. The second-order valence-corrected chi connectivity index (χ2v) is 10.6. The van der Waals surface area contributed by atoms with Gasteiger partial charge in [-0.3, -0.25) is 9.62 Å². The first-order valence-corrected chi connectivity index (χ1v) is 12.2. The second-order valence-electron chi connectivity index (χ2n) is 8.75. The lowest BCUT2D eigenvalue weighted by atomic mass is 9.88. The molecule has 28 heavy (non-hydrogen) atoms. The molecule has 1 saturated heterocycles. The maximum Gasteiger partial charge on any atom is 0.301 e. The van der Waals surface area contributed by atoms with E-state index in [2.05, 4.69) is 33.6 Å². The zero-order valence-corrected chi connectivity index (χ0v) is 18.2. The van der Waals surface area contributed by atoms with Crippen molar-refractivity contribution in [2.24, 2.45) is 0 Å². The van der Waals surface area contributed by atoms with Crippen LogP contribution >= 0.6 is 0 Å². The third-order valence-electron chi connectivity index (χ3n) is 6.78. The predicted molar refractivity (Wildman–Crippen MR) is 115 cm³/mol. The Hall–Kier alpha value is -1.31. The van der Waals surface area contributed by atoms with Gasteiger partial charge >= 0.3 is 10.2 Å². The Labute approximate surface area is 170 Å². The van der Waals surface area contributed by atoms with Crippen molar-refractivity contribution < 1.29 is 8.42 Å². The summed E-state index contributed by atoms with van der Waals surface area (Å²) in [5.74, 6) is 0.472. The molecule has 0 amide bonds. The fraction of sp³-hybridized carbons (Fsp3) is 0.714.